The molecule has 1 aliphatic heterocycles. The molecule has 1 saturated heterocycles. The number of hydrogen-bond donors (Lipinski definition) is 3. The van der Waals surface area contributed by atoms with E-state index in [1.54, 1.807) is 0 Å². The normalized spacial score (nSPS) is 14.0. The van der Waals surface area contributed by atoms with Crippen LogP contribution in [0.1, 0.15) is 42.8 Å². The largest absolute Gasteiger partial charge is 0.361 e. The molecule has 0 spiro atoms. The average molecular weight is 442 g/mol. The topological polar surface area (TPSA) is 81.8 Å². The van der Waals surface area contributed by atoms with Gasteiger partial charge in [-0.25, -0.2) is 15.4 Å². The first-order valence-electron chi connectivity index (χ1n) is 11.9. The van der Waals surface area contributed by atoms with Crippen LogP contribution < -0.4 is 15.8 Å². The maximum Gasteiger partial charge on any atom is 0.146 e. The van der Waals surface area contributed by atoms with Crippen molar-refractivity contribution in [3.05, 3.63) is 78.0 Å². The highest BCUT2D eigenvalue weighted by atomic mass is 15.4. The summed E-state index contributed by atoms with van der Waals surface area (Å²) >= 11 is 0. The molecule has 7 nitrogen and oxygen atoms in total. The van der Waals surface area contributed by atoms with Gasteiger partial charge in [-0.3, -0.25) is 4.98 Å². The highest BCUT2D eigenvalue weighted by Crippen LogP contribution is 2.21. The van der Waals surface area contributed by atoms with Crippen molar-refractivity contribution in [3.8, 4) is 0 Å². The van der Waals surface area contributed by atoms with Crippen molar-refractivity contribution >= 4 is 22.5 Å². The van der Waals surface area contributed by atoms with Gasteiger partial charge in [0.2, 0.25) is 0 Å². The van der Waals surface area contributed by atoms with Gasteiger partial charge in [0.1, 0.15) is 17.5 Å². The number of pyridine rings is 1. The fourth-order valence-electron chi connectivity index (χ4n) is 4.43. The van der Waals surface area contributed by atoms with Gasteiger partial charge in [0.05, 0.1) is 0 Å². The number of nitrogens with zero attached hydrogens (tertiary/aromatic N) is 4. The molecule has 0 bridgehead atoms. The summed E-state index contributed by atoms with van der Waals surface area (Å²) in [5, 5.41) is 1.23. The number of aromatic nitrogens is 4. The fraction of sp³-hybridized carbons (Fsp3) is 0.346. The van der Waals surface area contributed by atoms with Gasteiger partial charge in [-0.15, -0.1) is 0 Å². The standard InChI is InChI=1S/C26H31N7/c1-6-15-33(16-7-1)26-17-25(30-24(31-26)13-8-10-21-9-4-5-14-27-21)32-29-19-20-18-28-23-12-3-2-11-22(20)23/h2-5,9,11-12,14,17-18,28-29H,1,6-8,10,13,15-16,19H2,(H,30,31,32). The van der Waals surface area contributed by atoms with Crippen LogP contribution in [0, 0.1) is 0 Å². The monoisotopic (exact) mass is 441 g/mol. The molecule has 1 fully saturated rings. The SMILES string of the molecule is c1ccc(CCCc2nc(NNCc3c[nH]c4ccccc34)cc(N3CCCCC3)n2)nc1. The van der Waals surface area contributed by atoms with E-state index in [-0.39, 0.29) is 0 Å². The Labute approximate surface area is 194 Å². The third-order valence-electron chi connectivity index (χ3n) is 6.17. The minimum atomic E-state index is 0.697. The van der Waals surface area contributed by atoms with Gasteiger partial charge in [-0.2, -0.15) is 0 Å². The van der Waals surface area contributed by atoms with Crippen LogP contribution in [0.5, 0.6) is 0 Å². The predicted octanol–water partition coefficient (Wildman–Crippen LogP) is 4.64. The Bertz CT molecular complexity index is 1170. The van der Waals surface area contributed by atoms with E-state index in [4.69, 9.17) is 9.97 Å². The van der Waals surface area contributed by atoms with Gasteiger partial charge in [-0.1, -0.05) is 24.3 Å². The second kappa shape index (κ2) is 10.4. The Morgan fingerprint density at radius 3 is 2.70 bits per heavy atom. The smallest absolute Gasteiger partial charge is 0.146 e. The molecule has 4 aromatic rings. The lowest BCUT2D eigenvalue weighted by Gasteiger charge is -2.28. The summed E-state index contributed by atoms with van der Waals surface area (Å²) < 4.78 is 0. The first-order chi connectivity index (χ1) is 16.3. The van der Waals surface area contributed by atoms with Crippen LogP contribution in [0.4, 0.5) is 11.6 Å². The number of piperidine rings is 1. The Morgan fingerprint density at radius 2 is 1.82 bits per heavy atom. The zero-order chi connectivity index (χ0) is 22.3. The lowest BCUT2D eigenvalue weighted by Crippen LogP contribution is -2.31. The number of benzene rings is 1. The fourth-order valence-corrected chi connectivity index (χ4v) is 4.43. The van der Waals surface area contributed by atoms with Crippen molar-refractivity contribution in [2.24, 2.45) is 0 Å². The number of hydrogen-bond acceptors (Lipinski definition) is 6. The van der Waals surface area contributed by atoms with Crippen molar-refractivity contribution in [3.63, 3.8) is 0 Å². The summed E-state index contributed by atoms with van der Waals surface area (Å²) in [5.41, 5.74) is 10.2. The van der Waals surface area contributed by atoms with E-state index in [2.05, 4.69) is 62.2 Å². The second-order valence-corrected chi connectivity index (χ2v) is 8.59. The van der Waals surface area contributed by atoms with Crippen LogP contribution in [0.3, 0.4) is 0 Å². The van der Waals surface area contributed by atoms with E-state index in [1.165, 1.54) is 30.2 Å². The number of nitrogens with one attached hydrogen (secondary N) is 3. The molecule has 0 unspecified atom stereocenters. The summed E-state index contributed by atoms with van der Waals surface area (Å²) in [5.74, 6) is 2.72. The second-order valence-electron chi connectivity index (χ2n) is 8.59. The molecule has 7 heteroatoms. The van der Waals surface area contributed by atoms with Crippen LogP contribution >= 0.6 is 0 Å². The van der Waals surface area contributed by atoms with E-state index in [0.717, 1.165) is 61.0 Å². The Balaban J connectivity index is 1.26. The van der Waals surface area contributed by atoms with Gasteiger partial charge in [0.25, 0.3) is 0 Å². The molecule has 0 atom stereocenters. The van der Waals surface area contributed by atoms with Crippen LogP contribution in [-0.2, 0) is 19.4 Å². The average Bonchev–Trinajstić information content (AvgIpc) is 3.28. The predicted molar refractivity (Wildman–Crippen MR) is 133 cm³/mol. The van der Waals surface area contributed by atoms with Gasteiger partial charge in [-0.05, 0) is 55.9 Å². The molecule has 0 aliphatic carbocycles. The highest BCUT2D eigenvalue weighted by Gasteiger charge is 2.15. The minimum Gasteiger partial charge on any atom is -0.361 e. The van der Waals surface area contributed by atoms with E-state index < -0.39 is 0 Å². The van der Waals surface area contributed by atoms with Gasteiger partial charge < -0.3 is 15.3 Å². The molecule has 5 rings (SSSR count). The third-order valence-corrected chi connectivity index (χ3v) is 6.17. The number of rotatable bonds is 9. The van der Waals surface area contributed by atoms with Crippen LogP contribution in [0.2, 0.25) is 0 Å². The molecule has 3 aromatic heterocycles. The Morgan fingerprint density at radius 1 is 0.939 bits per heavy atom. The number of anilines is 2. The van der Waals surface area contributed by atoms with E-state index in [9.17, 15) is 0 Å². The molecule has 1 aliphatic rings. The van der Waals surface area contributed by atoms with Crippen molar-refractivity contribution < 1.29 is 0 Å². The quantitative estimate of drug-likeness (QED) is 0.329. The lowest BCUT2D eigenvalue weighted by atomic mass is 10.1. The number of fused-ring (bicyclic) bond motifs is 1. The van der Waals surface area contributed by atoms with Crippen LogP contribution in [0.15, 0.2) is 60.9 Å². The van der Waals surface area contributed by atoms with E-state index in [1.807, 2.05) is 24.4 Å². The molecular weight excluding hydrogens is 410 g/mol. The maximum atomic E-state index is 4.91. The lowest BCUT2D eigenvalue weighted by molar-refractivity contribution is 0.571. The first kappa shape index (κ1) is 21.4. The van der Waals surface area contributed by atoms with E-state index >= 15 is 0 Å². The summed E-state index contributed by atoms with van der Waals surface area (Å²) in [6, 6.07) is 16.5. The van der Waals surface area contributed by atoms with Crippen molar-refractivity contribution in [2.75, 3.05) is 23.4 Å². The first-order valence-corrected chi connectivity index (χ1v) is 11.9. The molecule has 33 heavy (non-hydrogen) atoms. The summed E-state index contributed by atoms with van der Waals surface area (Å²) in [6.07, 6.45) is 10.4. The molecule has 3 N–H and O–H groups in total. The maximum absolute atomic E-state index is 4.91. The zero-order valence-electron chi connectivity index (χ0n) is 18.9. The molecule has 1 aromatic carbocycles. The number of hydrazine groups is 1. The number of aromatic amines is 1. The van der Waals surface area contributed by atoms with Gasteiger partial charge in [0.15, 0.2) is 0 Å². The van der Waals surface area contributed by atoms with E-state index in [0.29, 0.717) is 6.54 Å². The third kappa shape index (κ3) is 5.49. The van der Waals surface area contributed by atoms with Crippen molar-refractivity contribution in [1.82, 2.24) is 25.4 Å². The van der Waals surface area contributed by atoms with Crippen molar-refractivity contribution in [2.45, 2.75) is 45.1 Å². The van der Waals surface area contributed by atoms with Crippen LogP contribution in [0.25, 0.3) is 10.9 Å². The molecule has 0 radical (unpaired) electrons. The van der Waals surface area contributed by atoms with Crippen molar-refractivity contribution in [1.29, 1.82) is 0 Å². The number of H-pyrrole nitrogens is 1. The molecule has 0 saturated carbocycles. The number of aryl methyl sites for hydroxylation is 2. The van der Waals surface area contributed by atoms with Gasteiger partial charge in [0, 0.05) is 61.1 Å². The molecule has 170 valence electrons. The molecule has 0 amide bonds. The van der Waals surface area contributed by atoms with Crippen LogP contribution in [-0.4, -0.2) is 33.0 Å². The minimum absolute atomic E-state index is 0.697. The summed E-state index contributed by atoms with van der Waals surface area (Å²) in [4.78, 5) is 19.9. The molecular formula is C26H31N7. The number of para-hydroxylation sites is 1. The Kier molecular flexibility index (Phi) is 6.77. The zero-order valence-corrected chi connectivity index (χ0v) is 18.9. The highest BCUT2D eigenvalue weighted by molar-refractivity contribution is 5.82. The summed E-state index contributed by atoms with van der Waals surface area (Å²) in [6.45, 7) is 2.82. The van der Waals surface area contributed by atoms with Gasteiger partial charge >= 0.3 is 0 Å². The Hall–Kier alpha value is -3.45. The molecule has 4 heterocycles. The summed E-state index contributed by atoms with van der Waals surface area (Å²) in [7, 11) is 0.